The number of ether oxygens (including phenoxy) is 1. The fourth-order valence-corrected chi connectivity index (χ4v) is 3.01. The van der Waals surface area contributed by atoms with Crippen molar-refractivity contribution < 1.29 is 29.0 Å². The van der Waals surface area contributed by atoms with Crippen LogP contribution in [0.25, 0.3) is 0 Å². The molecule has 160 valence electrons. The topological polar surface area (TPSA) is 85.9 Å². The lowest BCUT2D eigenvalue weighted by Gasteiger charge is -2.40. The first-order chi connectivity index (χ1) is 13.6. The summed E-state index contributed by atoms with van der Waals surface area (Å²) in [5, 5.41) is 20.7. The number of hydrogen-bond donors (Lipinski definition) is 1. The molecule has 0 aliphatic carbocycles. The van der Waals surface area contributed by atoms with Gasteiger partial charge in [0, 0.05) is 5.56 Å². The van der Waals surface area contributed by atoms with Gasteiger partial charge in [-0.25, -0.2) is 0 Å². The van der Waals surface area contributed by atoms with E-state index in [9.17, 15) is 29.5 Å². The normalized spacial score (nSPS) is 15.5. The molecule has 0 aliphatic rings. The number of benzene rings is 2. The zero-order valence-electron chi connectivity index (χ0n) is 15.1. The summed E-state index contributed by atoms with van der Waals surface area (Å²) < 4.78 is 69.2. The fraction of sp³-hybridized carbons (Fsp3) is 0.167. The predicted molar refractivity (Wildman–Crippen MR) is 101 cm³/mol. The van der Waals surface area contributed by atoms with Crippen LogP contribution in [-0.2, 0) is 0 Å². The highest BCUT2D eigenvalue weighted by Crippen LogP contribution is 3.02. The van der Waals surface area contributed by atoms with Crippen LogP contribution in [0.15, 0.2) is 47.4 Å². The lowest BCUT2D eigenvalue weighted by molar-refractivity contribution is 0.0901. The minimum atomic E-state index is -9.86. The van der Waals surface area contributed by atoms with E-state index in [1.807, 2.05) is 6.07 Å². The Morgan fingerprint density at radius 2 is 1.73 bits per heavy atom. The maximum absolute atomic E-state index is 12.8. The molecule has 12 heteroatoms. The van der Waals surface area contributed by atoms with Crippen molar-refractivity contribution in [2.24, 2.45) is 0 Å². The van der Waals surface area contributed by atoms with Crippen LogP contribution in [0.4, 0.5) is 19.4 Å². The molecule has 0 fully saturated rings. The molecule has 2 aromatic carbocycles. The van der Waals surface area contributed by atoms with Gasteiger partial charge in [-0.15, -0.1) is 0 Å². The molecule has 0 saturated heterocycles. The number of hydrogen-bond acceptors (Lipinski definition) is 4. The lowest BCUT2D eigenvalue weighted by atomic mass is 10.1. The van der Waals surface area contributed by atoms with E-state index in [0.717, 1.165) is 0 Å². The summed E-state index contributed by atoms with van der Waals surface area (Å²) in [4.78, 5) is 10.1. The Labute approximate surface area is 173 Å². The molecule has 0 aliphatic heterocycles. The van der Waals surface area contributed by atoms with E-state index in [-0.39, 0.29) is 34.0 Å². The molecule has 2 rings (SSSR count). The van der Waals surface area contributed by atoms with Crippen LogP contribution in [0.5, 0.6) is 5.75 Å². The van der Waals surface area contributed by atoms with Gasteiger partial charge in [0.15, 0.2) is 5.54 Å². The maximum Gasteiger partial charge on any atom is 0.310 e. The third kappa shape index (κ3) is 5.75. The fourth-order valence-electron chi connectivity index (χ4n) is 2.19. The van der Waals surface area contributed by atoms with Crippen molar-refractivity contribution in [3.05, 3.63) is 58.6 Å². The van der Waals surface area contributed by atoms with Gasteiger partial charge in [-0.3, -0.25) is 4.79 Å². The van der Waals surface area contributed by atoms with E-state index < -0.39 is 33.2 Å². The molecule has 0 saturated carbocycles. The van der Waals surface area contributed by atoms with Crippen molar-refractivity contribution in [2.75, 3.05) is 6.61 Å². The quantitative estimate of drug-likeness (QED) is 0.533. The zero-order chi connectivity index (χ0) is 22.9. The number of amides is 1. The average molecular weight is 466 g/mol. The first-order valence-corrected chi connectivity index (χ1v) is 10.3. The molecule has 30 heavy (non-hydrogen) atoms. The molecule has 0 heterocycles. The van der Waals surface area contributed by atoms with Crippen LogP contribution in [0.1, 0.15) is 22.8 Å². The Morgan fingerprint density at radius 3 is 2.23 bits per heavy atom. The number of carbonyl (C=O) groups excluding carboxylic acids is 1. The second-order valence-corrected chi connectivity index (χ2v) is 9.25. The molecule has 1 amide bonds. The van der Waals surface area contributed by atoms with Crippen molar-refractivity contribution in [2.45, 2.75) is 17.4 Å². The Hall–Kier alpha value is -3.02. The summed E-state index contributed by atoms with van der Waals surface area (Å²) in [5.41, 5.74) is -1.78. The summed E-state index contributed by atoms with van der Waals surface area (Å²) in [5.74, 6) is -0.903. The van der Waals surface area contributed by atoms with Gasteiger partial charge in [-0.2, -0.15) is 10.5 Å². The van der Waals surface area contributed by atoms with E-state index in [1.54, 1.807) is 6.07 Å². The summed E-state index contributed by atoms with van der Waals surface area (Å²) in [6.07, 6.45) is 0. The molecule has 1 N–H and O–H groups in total. The largest absolute Gasteiger partial charge is 0.488 e. The number of carbonyl (C=O) groups is 1. The lowest BCUT2D eigenvalue weighted by Crippen LogP contribution is -2.49. The van der Waals surface area contributed by atoms with Gasteiger partial charge in [0.05, 0.1) is 22.7 Å². The molecule has 5 nitrogen and oxygen atoms in total. The van der Waals surface area contributed by atoms with Gasteiger partial charge in [0.1, 0.15) is 17.3 Å². The minimum absolute atomic E-state index is 0.0756. The van der Waals surface area contributed by atoms with E-state index in [1.165, 1.54) is 25.1 Å². The van der Waals surface area contributed by atoms with Crippen molar-refractivity contribution in [1.82, 2.24) is 5.32 Å². The molecule has 0 bridgehead atoms. The van der Waals surface area contributed by atoms with E-state index in [0.29, 0.717) is 12.1 Å². The van der Waals surface area contributed by atoms with Crippen LogP contribution >= 0.6 is 21.8 Å². The zero-order valence-corrected chi connectivity index (χ0v) is 16.7. The van der Waals surface area contributed by atoms with E-state index >= 15 is 0 Å². The highest BCUT2D eigenvalue weighted by atomic mass is 35.5. The Morgan fingerprint density at radius 1 is 1.13 bits per heavy atom. The highest BCUT2D eigenvalue weighted by molar-refractivity contribution is 8.45. The molecular weight excluding hydrogens is 453 g/mol. The second-order valence-electron chi connectivity index (χ2n) is 6.44. The van der Waals surface area contributed by atoms with Crippen LogP contribution in [0.2, 0.25) is 5.02 Å². The summed E-state index contributed by atoms with van der Waals surface area (Å²) in [6.45, 7) is 0.851. The molecule has 0 radical (unpaired) electrons. The Balaban J connectivity index is 2.16. The monoisotopic (exact) mass is 465 g/mol. The van der Waals surface area contributed by atoms with Crippen LogP contribution in [0, 0.1) is 22.7 Å². The first kappa shape index (κ1) is 23.3. The molecule has 0 unspecified atom stereocenters. The maximum atomic E-state index is 12.8. The number of rotatable bonds is 6. The van der Waals surface area contributed by atoms with Crippen LogP contribution in [-0.4, -0.2) is 18.1 Å². The van der Waals surface area contributed by atoms with Gasteiger partial charge < -0.3 is 10.1 Å². The third-order valence-corrected chi connectivity index (χ3v) is 5.25. The summed E-state index contributed by atoms with van der Waals surface area (Å²) >= 11 is 5.95. The molecule has 1 atom stereocenters. The average Bonchev–Trinajstić information content (AvgIpc) is 2.65. The molecule has 0 aromatic heterocycles. The SMILES string of the molecule is C[C@](C#N)(COc1cc(C#N)ccc1Cl)NC(=O)c1ccc(S(F)(F)(F)(F)F)cc1. The Bertz CT molecular complexity index is 1080. The highest BCUT2D eigenvalue weighted by Gasteiger charge is 2.65. The minimum Gasteiger partial charge on any atom is -0.488 e. The van der Waals surface area contributed by atoms with Gasteiger partial charge in [0.25, 0.3) is 5.91 Å². The summed E-state index contributed by atoms with van der Waals surface area (Å²) in [7, 11) is -9.86. The molecule has 0 spiro atoms. The van der Waals surface area contributed by atoms with Crippen molar-refractivity contribution >= 4 is 27.7 Å². The van der Waals surface area contributed by atoms with Gasteiger partial charge in [-0.1, -0.05) is 31.0 Å². The van der Waals surface area contributed by atoms with Crippen LogP contribution in [0.3, 0.4) is 0 Å². The van der Waals surface area contributed by atoms with Crippen LogP contribution < -0.4 is 10.1 Å². The van der Waals surface area contributed by atoms with Gasteiger partial charge in [0.2, 0.25) is 0 Å². The van der Waals surface area contributed by atoms with Gasteiger partial charge in [-0.05, 0) is 49.4 Å². The first-order valence-electron chi connectivity index (χ1n) is 7.97. The predicted octanol–water partition coefficient (Wildman–Crippen LogP) is 5.96. The molecular formula is C18H13ClF5N3O2S. The van der Waals surface area contributed by atoms with E-state index in [2.05, 4.69) is 5.32 Å². The number of nitrogens with zero attached hydrogens (tertiary/aromatic N) is 2. The van der Waals surface area contributed by atoms with Crippen molar-refractivity contribution in [3.63, 3.8) is 0 Å². The molecule has 2 aromatic rings. The Kier molecular flexibility index (Phi) is 5.46. The van der Waals surface area contributed by atoms with E-state index in [4.69, 9.17) is 21.6 Å². The standard InChI is InChI=1S/C18H13ClF5N3O2S/c1-18(10-26,11-29-16-8-12(9-25)2-7-15(16)19)27-17(28)13-3-5-14(6-4-13)30(20,21,22,23)24/h2-8H,11H2,1H3,(H,27,28)/t18-/m0/s1. The van der Waals surface area contributed by atoms with Crippen molar-refractivity contribution in [3.8, 4) is 17.9 Å². The number of halogens is 6. The number of nitrogens with one attached hydrogen (secondary N) is 1. The van der Waals surface area contributed by atoms with Crippen molar-refractivity contribution in [1.29, 1.82) is 10.5 Å². The number of nitriles is 2. The van der Waals surface area contributed by atoms with Gasteiger partial charge >= 0.3 is 10.2 Å². The second kappa shape index (κ2) is 7.04. The third-order valence-electron chi connectivity index (χ3n) is 3.77. The summed E-state index contributed by atoms with van der Waals surface area (Å²) in [6, 6.07) is 9.18. The smallest absolute Gasteiger partial charge is 0.310 e.